The molecular formula is C11H19N3O4S2. The van der Waals surface area contributed by atoms with E-state index in [0.29, 0.717) is 19.5 Å². The minimum atomic E-state index is -3.41. The highest BCUT2D eigenvalue weighted by Crippen LogP contribution is 2.13. The van der Waals surface area contributed by atoms with Gasteiger partial charge in [0.05, 0.1) is 11.2 Å². The largest absolute Gasteiger partial charge is 0.385 e. The summed E-state index contributed by atoms with van der Waals surface area (Å²) in [5, 5.41) is 3.08. The van der Waals surface area contributed by atoms with Crippen LogP contribution in [0.5, 0.6) is 0 Å². The van der Waals surface area contributed by atoms with Crippen molar-refractivity contribution in [1.29, 1.82) is 0 Å². The van der Waals surface area contributed by atoms with Gasteiger partial charge in [0.1, 0.15) is 0 Å². The Kier molecular flexibility index (Phi) is 5.93. The average Bonchev–Trinajstić information content (AvgIpc) is 2.37. The number of rotatable bonds is 8. The van der Waals surface area contributed by atoms with Crippen molar-refractivity contribution < 1.29 is 16.8 Å². The Balaban J connectivity index is 2.43. The smallest absolute Gasteiger partial charge is 0.240 e. The van der Waals surface area contributed by atoms with Gasteiger partial charge in [-0.05, 0) is 37.7 Å². The Labute approximate surface area is 119 Å². The summed E-state index contributed by atoms with van der Waals surface area (Å²) in [5.74, 6) is 0. The van der Waals surface area contributed by atoms with E-state index in [1.54, 1.807) is 12.1 Å². The van der Waals surface area contributed by atoms with Crippen molar-refractivity contribution in [3.8, 4) is 0 Å². The molecule has 114 valence electrons. The number of benzene rings is 1. The normalized spacial score (nSPS) is 12.3. The Morgan fingerprint density at radius 3 is 2.10 bits per heavy atom. The van der Waals surface area contributed by atoms with E-state index in [1.807, 2.05) is 0 Å². The fraction of sp³-hybridized carbons (Fsp3) is 0.455. The molecule has 0 aliphatic heterocycles. The van der Waals surface area contributed by atoms with Crippen LogP contribution in [-0.2, 0) is 20.0 Å². The molecule has 7 nitrogen and oxygen atoms in total. The van der Waals surface area contributed by atoms with Crippen molar-refractivity contribution in [2.45, 2.75) is 11.3 Å². The van der Waals surface area contributed by atoms with E-state index in [4.69, 9.17) is 0 Å². The van der Waals surface area contributed by atoms with Gasteiger partial charge in [0.15, 0.2) is 0 Å². The summed E-state index contributed by atoms with van der Waals surface area (Å²) in [4.78, 5) is 0.198. The van der Waals surface area contributed by atoms with E-state index < -0.39 is 20.0 Å². The molecule has 0 saturated carbocycles. The Hall–Kier alpha value is -1.16. The standard InChI is InChI=1S/C11H19N3O4S2/c1-12-20(17,18)11-6-4-10(5-7-11)13-8-3-9-14-19(2,15)16/h4-7,12-14H,3,8-9H2,1-2H3. The van der Waals surface area contributed by atoms with Crippen LogP contribution in [0, 0.1) is 0 Å². The van der Waals surface area contributed by atoms with Gasteiger partial charge in [-0.15, -0.1) is 0 Å². The predicted octanol–water partition coefficient (Wildman–Crippen LogP) is -0.0541. The van der Waals surface area contributed by atoms with Gasteiger partial charge in [-0.25, -0.2) is 26.3 Å². The maximum Gasteiger partial charge on any atom is 0.240 e. The van der Waals surface area contributed by atoms with Crippen LogP contribution in [0.3, 0.4) is 0 Å². The first kappa shape index (κ1) is 16.9. The highest BCUT2D eigenvalue weighted by atomic mass is 32.2. The molecule has 0 atom stereocenters. The molecule has 0 unspecified atom stereocenters. The molecule has 20 heavy (non-hydrogen) atoms. The lowest BCUT2D eigenvalue weighted by atomic mass is 10.3. The minimum Gasteiger partial charge on any atom is -0.385 e. The number of nitrogens with one attached hydrogen (secondary N) is 3. The fourth-order valence-corrected chi connectivity index (χ4v) is 2.69. The van der Waals surface area contributed by atoms with Crippen LogP contribution < -0.4 is 14.8 Å². The third-order valence-electron chi connectivity index (χ3n) is 2.48. The van der Waals surface area contributed by atoms with Crippen LogP contribution in [0.25, 0.3) is 0 Å². The van der Waals surface area contributed by atoms with Crippen molar-refractivity contribution in [2.24, 2.45) is 0 Å². The first-order chi connectivity index (χ1) is 9.24. The molecule has 0 aliphatic carbocycles. The van der Waals surface area contributed by atoms with Crippen LogP contribution in [-0.4, -0.2) is 43.2 Å². The second kappa shape index (κ2) is 7.02. The fourth-order valence-electron chi connectivity index (χ4n) is 1.45. The van der Waals surface area contributed by atoms with Crippen LogP contribution in [0.1, 0.15) is 6.42 Å². The number of anilines is 1. The Morgan fingerprint density at radius 2 is 1.60 bits per heavy atom. The summed E-state index contributed by atoms with van der Waals surface area (Å²) in [6.07, 6.45) is 1.74. The highest BCUT2D eigenvalue weighted by Gasteiger charge is 2.10. The number of hydrogen-bond donors (Lipinski definition) is 3. The summed E-state index contributed by atoms with van der Waals surface area (Å²) < 4.78 is 49.3. The Morgan fingerprint density at radius 1 is 1.00 bits per heavy atom. The summed E-state index contributed by atoms with van der Waals surface area (Å²) in [7, 11) is -5.20. The molecule has 0 aromatic heterocycles. The molecule has 0 bridgehead atoms. The maximum absolute atomic E-state index is 11.5. The molecule has 0 radical (unpaired) electrons. The second-order valence-corrected chi connectivity index (χ2v) is 7.90. The lowest BCUT2D eigenvalue weighted by Crippen LogP contribution is -2.24. The predicted molar refractivity (Wildman–Crippen MR) is 78.6 cm³/mol. The summed E-state index contributed by atoms with van der Waals surface area (Å²) in [5.41, 5.74) is 0.777. The molecule has 0 spiro atoms. The molecule has 0 heterocycles. The average molecular weight is 321 g/mol. The second-order valence-electron chi connectivity index (χ2n) is 4.18. The molecule has 0 amide bonds. The van der Waals surface area contributed by atoms with Gasteiger partial charge in [-0.3, -0.25) is 0 Å². The first-order valence-corrected chi connectivity index (χ1v) is 9.34. The SMILES string of the molecule is CNS(=O)(=O)c1ccc(NCCCNS(C)(=O)=O)cc1. The molecule has 0 aliphatic rings. The van der Waals surface area contributed by atoms with E-state index >= 15 is 0 Å². The maximum atomic E-state index is 11.5. The molecule has 0 fully saturated rings. The molecule has 1 aromatic rings. The van der Waals surface area contributed by atoms with E-state index in [2.05, 4.69) is 14.8 Å². The number of sulfonamides is 2. The van der Waals surface area contributed by atoms with Gasteiger partial charge < -0.3 is 5.32 Å². The summed E-state index contributed by atoms with van der Waals surface area (Å²) >= 11 is 0. The van der Waals surface area contributed by atoms with Gasteiger partial charge in [-0.1, -0.05) is 0 Å². The third kappa shape index (κ3) is 5.87. The van der Waals surface area contributed by atoms with E-state index in [9.17, 15) is 16.8 Å². The van der Waals surface area contributed by atoms with Crippen molar-refractivity contribution in [3.63, 3.8) is 0 Å². The lowest BCUT2D eigenvalue weighted by Gasteiger charge is -2.08. The minimum absolute atomic E-state index is 0.198. The van der Waals surface area contributed by atoms with E-state index in [-0.39, 0.29) is 4.90 Å². The lowest BCUT2D eigenvalue weighted by molar-refractivity contribution is 0.585. The van der Waals surface area contributed by atoms with Crippen molar-refractivity contribution in [3.05, 3.63) is 24.3 Å². The highest BCUT2D eigenvalue weighted by molar-refractivity contribution is 7.89. The van der Waals surface area contributed by atoms with Gasteiger partial charge >= 0.3 is 0 Å². The van der Waals surface area contributed by atoms with Gasteiger partial charge in [0.2, 0.25) is 20.0 Å². The van der Waals surface area contributed by atoms with Gasteiger partial charge in [0.25, 0.3) is 0 Å². The van der Waals surface area contributed by atoms with Crippen LogP contribution in [0.4, 0.5) is 5.69 Å². The molecule has 9 heteroatoms. The van der Waals surface area contributed by atoms with Crippen molar-refractivity contribution in [2.75, 3.05) is 31.7 Å². The topological polar surface area (TPSA) is 104 Å². The third-order valence-corrected chi connectivity index (χ3v) is 4.64. The molecule has 0 saturated heterocycles. The van der Waals surface area contributed by atoms with Crippen molar-refractivity contribution >= 4 is 25.7 Å². The molecule has 1 aromatic carbocycles. The van der Waals surface area contributed by atoms with Crippen molar-refractivity contribution in [1.82, 2.24) is 9.44 Å². The molecular weight excluding hydrogens is 302 g/mol. The zero-order valence-electron chi connectivity index (χ0n) is 11.4. The van der Waals surface area contributed by atoms with Gasteiger partial charge in [0, 0.05) is 18.8 Å². The van der Waals surface area contributed by atoms with Crippen LogP contribution >= 0.6 is 0 Å². The van der Waals surface area contributed by atoms with E-state index in [1.165, 1.54) is 19.2 Å². The molecule has 1 rings (SSSR count). The molecule has 3 N–H and O–H groups in total. The van der Waals surface area contributed by atoms with E-state index in [0.717, 1.165) is 11.9 Å². The summed E-state index contributed by atoms with van der Waals surface area (Å²) in [6.45, 7) is 0.943. The zero-order valence-corrected chi connectivity index (χ0v) is 13.0. The zero-order chi connectivity index (χ0) is 15.2. The monoisotopic (exact) mass is 321 g/mol. The first-order valence-electron chi connectivity index (χ1n) is 5.97. The van der Waals surface area contributed by atoms with Crippen LogP contribution in [0.2, 0.25) is 0 Å². The summed E-state index contributed by atoms with van der Waals surface area (Å²) in [6, 6.07) is 6.33. The van der Waals surface area contributed by atoms with Crippen LogP contribution in [0.15, 0.2) is 29.2 Å². The number of hydrogen-bond acceptors (Lipinski definition) is 5. The van der Waals surface area contributed by atoms with Gasteiger partial charge in [-0.2, -0.15) is 0 Å². The quantitative estimate of drug-likeness (QED) is 0.582. The Bertz CT molecular complexity index is 624.